The van der Waals surface area contributed by atoms with Gasteiger partial charge in [0.15, 0.2) is 0 Å². The van der Waals surface area contributed by atoms with E-state index in [4.69, 9.17) is 37.7 Å². The van der Waals surface area contributed by atoms with E-state index in [0.29, 0.717) is 34.5 Å². The number of esters is 1. The second-order valence-electron chi connectivity index (χ2n) is 11.3. The van der Waals surface area contributed by atoms with Crippen LogP contribution in [0.2, 0.25) is 10.0 Å². The predicted molar refractivity (Wildman–Crippen MR) is 183 cm³/mol. The smallest absolute Gasteiger partial charge is 0.389 e. The molecular formula is C37H37Cl2F3N2O3. The van der Waals surface area contributed by atoms with Gasteiger partial charge in [0.25, 0.3) is 0 Å². The number of ether oxygens (including phenoxy) is 2. The summed E-state index contributed by atoms with van der Waals surface area (Å²) < 4.78 is 49.4. The molecule has 0 N–H and O–H groups in total. The van der Waals surface area contributed by atoms with Crippen molar-refractivity contribution < 1.29 is 27.4 Å². The Morgan fingerprint density at radius 1 is 0.979 bits per heavy atom. The van der Waals surface area contributed by atoms with E-state index in [1.54, 1.807) is 24.3 Å². The summed E-state index contributed by atoms with van der Waals surface area (Å²) in [5.74, 6) is 1.16. The Hall–Kier alpha value is -4.01. The standard InChI is InChI=1S/C37H37Cl2F3N2O3/c1-4-26(20-25(2)21-36(45)46-3)23-44-24-34(32-16-13-30(38)22-33(32)39)43-35(44)17-8-27-6-9-28(10-7-27)29-11-14-31(15-12-29)47-19-5-18-37(40,41)42/h4,6-17,22,24-25H,5,18-21,23H2,1-3H3/b17-8+,26-4+. The van der Waals surface area contributed by atoms with Gasteiger partial charge >= 0.3 is 12.1 Å². The third kappa shape index (κ3) is 11.0. The lowest BCUT2D eigenvalue weighted by molar-refractivity contribution is -0.141. The lowest BCUT2D eigenvalue weighted by atomic mass is 9.97. The van der Waals surface area contributed by atoms with Gasteiger partial charge in [0.1, 0.15) is 11.6 Å². The number of imidazole rings is 1. The summed E-state index contributed by atoms with van der Waals surface area (Å²) in [4.78, 5) is 16.7. The third-order valence-corrected chi connectivity index (χ3v) is 8.09. The number of carbonyl (C=O) groups is 1. The Labute approximate surface area is 283 Å². The van der Waals surface area contributed by atoms with Crippen molar-refractivity contribution in [3.8, 4) is 28.1 Å². The minimum atomic E-state index is -4.17. The van der Waals surface area contributed by atoms with E-state index in [1.807, 2.05) is 74.7 Å². The summed E-state index contributed by atoms with van der Waals surface area (Å²) in [6.45, 7) is 4.62. The van der Waals surface area contributed by atoms with Crippen molar-refractivity contribution in [2.24, 2.45) is 5.92 Å². The number of carbonyl (C=O) groups excluding carboxylic acids is 1. The summed E-state index contributed by atoms with van der Waals surface area (Å²) in [6, 6.07) is 20.6. The van der Waals surface area contributed by atoms with Crippen LogP contribution in [0.3, 0.4) is 0 Å². The van der Waals surface area contributed by atoms with Crippen LogP contribution in [0.15, 0.2) is 84.6 Å². The fourth-order valence-corrected chi connectivity index (χ4v) is 5.57. The van der Waals surface area contributed by atoms with Gasteiger partial charge in [0, 0.05) is 36.2 Å². The Kier molecular flexibility index (Phi) is 12.7. The normalized spacial score (nSPS) is 12.8. The monoisotopic (exact) mass is 684 g/mol. The van der Waals surface area contributed by atoms with Crippen molar-refractivity contribution >= 4 is 41.3 Å². The average molecular weight is 686 g/mol. The van der Waals surface area contributed by atoms with Gasteiger partial charge in [-0.25, -0.2) is 4.98 Å². The zero-order valence-corrected chi connectivity index (χ0v) is 28.0. The lowest BCUT2D eigenvalue weighted by Gasteiger charge is -2.14. The fraction of sp³-hybridized carbons (Fsp3) is 0.297. The number of nitrogens with zero attached hydrogens (tertiary/aromatic N) is 2. The molecule has 0 aliphatic rings. The van der Waals surface area contributed by atoms with Crippen molar-refractivity contribution in [2.75, 3.05) is 13.7 Å². The van der Waals surface area contributed by atoms with Gasteiger partial charge in [-0.3, -0.25) is 4.79 Å². The molecule has 1 unspecified atom stereocenters. The van der Waals surface area contributed by atoms with Crippen LogP contribution < -0.4 is 4.74 Å². The number of allylic oxidation sites excluding steroid dienone is 2. The SMILES string of the molecule is C/C=C(\CC(C)CC(=O)OC)Cn1cc(-c2ccc(Cl)cc2Cl)nc1/C=C/c1ccc(-c2ccc(OCCCC(F)(F)F)cc2)cc1. The third-order valence-electron chi connectivity index (χ3n) is 7.55. The summed E-state index contributed by atoms with van der Waals surface area (Å²) in [5, 5.41) is 1.05. The van der Waals surface area contributed by atoms with Gasteiger partial charge in [0.05, 0.1) is 24.4 Å². The van der Waals surface area contributed by atoms with Gasteiger partial charge in [0.2, 0.25) is 0 Å². The van der Waals surface area contributed by atoms with Gasteiger partial charge in [-0.05, 0) is 78.8 Å². The summed E-state index contributed by atoms with van der Waals surface area (Å²) in [6.07, 6.45) is 3.95. The van der Waals surface area contributed by atoms with Gasteiger partial charge < -0.3 is 14.0 Å². The number of halogens is 5. The van der Waals surface area contributed by atoms with Crippen LogP contribution in [0.1, 0.15) is 50.9 Å². The quantitative estimate of drug-likeness (QED) is 0.0753. The van der Waals surface area contributed by atoms with Crippen molar-refractivity contribution in [1.29, 1.82) is 0 Å². The average Bonchev–Trinajstić information content (AvgIpc) is 3.43. The molecule has 0 bridgehead atoms. The van der Waals surface area contributed by atoms with Gasteiger partial charge in [-0.2, -0.15) is 13.2 Å². The largest absolute Gasteiger partial charge is 0.494 e. The minimum Gasteiger partial charge on any atom is -0.494 e. The maximum Gasteiger partial charge on any atom is 0.389 e. The first kappa shape index (κ1) is 35.8. The number of hydrogen-bond acceptors (Lipinski definition) is 4. The molecule has 0 aliphatic heterocycles. The number of benzene rings is 3. The first-order chi connectivity index (χ1) is 22.4. The molecule has 1 atom stereocenters. The number of methoxy groups -OCH3 is 1. The number of aromatic nitrogens is 2. The Morgan fingerprint density at radius 2 is 1.66 bits per heavy atom. The molecule has 47 heavy (non-hydrogen) atoms. The van der Waals surface area contributed by atoms with E-state index < -0.39 is 12.6 Å². The first-order valence-corrected chi connectivity index (χ1v) is 16.0. The molecule has 0 amide bonds. The molecule has 5 nitrogen and oxygen atoms in total. The first-order valence-electron chi connectivity index (χ1n) is 15.3. The highest BCUT2D eigenvalue weighted by molar-refractivity contribution is 6.36. The molecule has 10 heteroatoms. The highest BCUT2D eigenvalue weighted by Gasteiger charge is 2.26. The van der Waals surface area contributed by atoms with Crippen molar-refractivity contribution in [2.45, 2.75) is 52.3 Å². The minimum absolute atomic E-state index is 0.0108. The van der Waals surface area contributed by atoms with E-state index in [0.717, 1.165) is 40.1 Å². The second kappa shape index (κ2) is 16.7. The molecule has 0 saturated carbocycles. The predicted octanol–water partition coefficient (Wildman–Crippen LogP) is 11.0. The number of hydrogen-bond donors (Lipinski definition) is 0. The molecule has 0 aliphatic carbocycles. The summed E-state index contributed by atoms with van der Waals surface area (Å²) >= 11 is 12.7. The van der Waals surface area contributed by atoms with E-state index in [1.165, 1.54) is 7.11 Å². The molecule has 0 radical (unpaired) electrons. The van der Waals surface area contributed by atoms with Crippen LogP contribution in [-0.4, -0.2) is 35.4 Å². The Balaban J connectivity index is 1.50. The maximum atomic E-state index is 12.3. The molecule has 3 aromatic carbocycles. The molecule has 4 rings (SSSR count). The Bertz CT molecular complexity index is 1700. The second-order valence-corrected chi connectivity index (χ2v) is 12.2. The molecule has 0 spiro atoms. The van der Waals surface area contributed by atoms with E-state index in [2.05, 4.69) is 10.6 Å². The van der Waals surface area contributed by atoms with E-state index in [9.17, 15) is 18.0 Å². The molecular weight excluding hydrogens is 648 g/mol. The molecule has 4 aromatic rings. The number of alkyl halides is 3. The van der Waals surface area contributed by atoms with Crippen LogP contribution in [0, 0.1) is 5.92 Å². The van der Waals surface area contributed by atoms with E-state index >= 15 is 0 Å². The maximum absolute atomic E-state index is 12.3. The highest BCUT2D eigenvalue weighted by Crippen LogP contribution is 2.31. The van der Waals surface area contributed by atoms with Crippen LogP contribution in [0.5, 0.6) is 5.75 Å². The zero-order chi connectivity index (χ0) is 34.0. The van der Waals surface area contributed by atoms with Gasteiger partial charge in [-0.15, -0.1) is 0 Å². The van der Waals surface area contributed by atoms with Crippen molar-refractivity contribution in [3.63, 3.8) is 0 Å². The molecule has 0 saturated heterocycles. The van der Waals surface area contributed by atoms with Crippen molar-refractivity contribution in [3.05, 3.63) is 106 Å². The van der Waals surface area contributed by atoms with Crippen LogP contribution in [0.4, 0.5) is 13.2 Å². The highest BCUT2D eigenvalue weighted by atomic mass is 35.5. The topological polar surface area (TPSA) is 53.4 Å². The van der Waals surface area contributed by atoms with Crippen LogP contribution in [0.25, 0.3) is 34.5 Å². The zero-order valence-electron chi connectivity index (χ0n) is 26.5. The summed E-state index contributed by atoms with van der Waals surface area (Å²) in [5.41, 5.74) is 5.57. The summed E-state index contributed by atoms with van der Waals surface area (Å²) in [7, 11) is 1.40. The molecule has 1 heterocycles. The lowest BCUT2D eigenvalue weighted by Crippen LogP contribution is -2.10. The fourth-order valence-electron chi connectivity index (χ4n) is 5.06. The molecule has 0 fully saturated rings. The van der Waals surface area contributed by atoms with Gasteiger partial charge in [-0.1, -0.05) is 84.2 Å². The van der Waals surface area contributed by atoms with Crippen LogP contribution in [-0.2, 0) is 16.1 Å². The van der Waals surface area contributed by atoms with Crippen LogP contribution >= 0.6 is 23.2 Å². The molecule has 248 valence electrons. The Morgan fingerprint density at radius 3 is 2.28 bits per heavy atom. The van der Waals surface area contributed by atoms with E-state index in [-0.39, 0.29) is 24.9 Å². The number of rotatable bonds is 14. The molecule has 1 aromatic heterocycles. The van der Waals surface area contributed by atoms with Crippen molar-refractivity contribution in [1.82, 2.24) is 9.55 Å².